The molecule has 0 amide bonds. The molecule has 0 aliphatic heterocycles. The van der Waals surface area contributed by atoms with Crippen molar-refractivity contribution in [2.45, 2.75) is 0 Å². The van der Waals surface area contributed by atoms with Crippen LogP contribution in [0.15, 0.2) is 41.6 Å². The minimum Gasteiger partial charge on any atom is -0.364 e. The van der Waals surface area contributed by atoms with Gasteiger partial charge in [-0.05, 0) is 23.7 Å². The average Bonchev–Trinajstić information content (AvgIpc) is 2.39. The molecule has 17 heavy (non-hydrogen) atoms. The first kappa shape index (κ1) is 11.5. The first-order chi connectivity index (χ1) is 8.31. The molecule has 1 heterocycles. The van der Waals surface area contributed by atoms with E-state index in [1.54, 1.807) is 19.5 Å². The topological polar surface area (TPSA) is 49.3 Å². The van der Waals surface area contributed by atoms with Gasteiger partial charge in [0.05, 0.1) is 11.9 Å². The van der Waals surface area contributed by atoms with E-state index in [1.807, 2.05) is 30.3 Å². The van der Waals surface area contributed by atoms with E-state index >= 15 is 0 Å². The molecule has 0 atom stereocenters. The van der Waals surface area contributed by atoms with Crippen LogP contribution in [-0.4, -0.2) is 23.4 Å². The smallest absolute Gasteiger partial charge is 0.186 e. The normalized spacial score (nSPS) is 10.6. The molecule has 0 fully saturated rings. The zero-order valence-corrected chi connectivity index (χ0v) is 10.2. The Kier molecular flexibility index (Phi) is 3.62. The number of thiocarbonyl (C=S) groups is 1. The van der Waals surface area contributed by atoms with Crippen LogP contribution in [-0.2, 0) is 0 Å². The highest BCUT2D eigenvalue weighted by molar-refractivity contribution is 7.80. The van der Waals surface area contributed by atoms with Crippen LogP contribution in [0.5, 0.6) is 0 Å². The quantitative estimate of drug-likeness (QED) is 0.479. The van der Waals surface area contributed by atoms with Crippen molar-refractivity contribution in [2.75, 3.05) is 7.05 Å². The van der Waals surface area contributed by atoms with E-state index in [9.17, 15) is 0 Å². The van der Waals surface area contributed by atoms with Crippen LogP contribution in [0, 0.1) is 0 Å². The van der Waals surface area contributed by atoms with Gasteiger partial charge in [0.15, 0.2) is 5.11 Å². The molecule has 0 unspecified atom stereocenters. The Bertz CT molecular complexity index is 560. The zero-order valence-electron chi connectivity index (χ0n) is 9.34. The predicted octanol–water partition coefficient (Wildman–Crippen LogP) is 1.66. The monoisotopic (exact) mass is 244 g/mol. The van der Waals surface area contributed by atoms with Crippen LogP contribution in [0.3, 0.4) is 0 Å². The molecule has 0 aliphatic carbocycles. The minimum absolute atomic E-state index is 0.474. The molecule has 5 heteroatoms. The Labute approximate surface area is 105 Å². The van der Waals surface area contributed by atoms with E-state index in [4.69, 9.17) is 12.2 Å². The lowest BCUT2D eigenvalue weighted by Crippen LogP contribution is -2.28. The summed E-state index contributed by atoms with van der Waals surface area (Å²) >= 11 is 4.91. The number of hydrogen-bond donors (Lipinski definition) is 2. The van der Waals surface area contributed by atoms with E-state index in [1.165, 1.54) is 0 Å². The third-order valence-electron chi connectivity index (χ3n) is 2.28. The lowest BCUT2D eigenvalue weighted by molar-refractivity contribution is 0.981. The maximum absolute atomic E-state index is 4.91. The van der Waals surface area contributed by atoms with E-state index in [0.29, 0.717) is 5.11 Å². The molecule has 0 bridgehead atoms. The highest BCUT2D eigenvalue weighted by Crippen LogP contribution is 2.14. The summed E-state index contributed by atoms with van der Waals surface area (Å²) in [6.07, 6.45) is 3.42. The van der Waals surface area contributed by atoms with Crippen LogP contribution in [0.2, 0.25) is 0 Å². The van der Waals surface area contributed by atoms with Crippen molar-refractivity contribution in [2.24, 2.45) is 5.10 Å². The van der Waals surface area contributed by atoms with Gasteiger partial charge in [-0.3, -0.25) is 10.4 Å². The second-order valence-corrected chi connectivity index (χ2v) is 3.77. The van der Waals surface area contributed by atoms with Crippen molar-refractivity contribution >= 4 is 34.3 Å². The van der Waals surface area contributed by atoms with Gasteiger partial charge in [-0.25, -0.2) is 0 Å². The van der Waals surface area contributed by atoms with E-state index < -0.39 is 0 Å². The number of nitrogens with one attached hydrogen (secondary N) is 2. The number of nitrogens with zero attached hydrogens (tertiary/aromatic N) is 2. The summed E-state index contributed by atoms with van der Waals surface area (Å²) < 4.78 is 0. The van der Waals surface area contributed by atoms with Gasteiger partial charge < -0.3 is 5.32 Å². The fraction of sp³-hybridized carbons (Fsp3) is 0.0833. The second-order valence-electron chi connectivity index (χ2n) is 3.37. The SMILES string of the molecule is CNC(=S)N/N=C/c1nccc2ccccc12. The number of hydrazone groups is 1. The Hall–Kier alpha value is -2.01. The molecular formula is C12H12N4S. The molecule has 1 aromatic heterocycles. The largest absolute Gasteiger partial charge is 0.364 e. The predicted molar refractivity (Wildman–Crippen MR) is 74.1 cm³/mol. The molecule has 0 saturated carbocycles. The van der Waals surface area contributed by atoms with Crippen LogP contribution in [0.1, 0.15) is 5.69 Å². The average molecular weight is 244 g/mol. The minimum atomic E-state index is 0.474. The van der Waals surface area contributed by atoms with Gasteiger partial charge in [-0.1, -0.05) is 24.3 Å². The molecule has 0 aliphatic rings. The van der Waals surface area contributed by atoms with Crippen molar-refractivity contribution in [3.63, 3.8) is 0 Å². The van der Waals surface area contributed by atoms with Crippen LogP contribution in [0.25, 0.3) is 10.8 Å². The van der Waals surface area contributed by atoms with Crippen molar-refractivity contribution in [1.82, 2.24) is 15.7 Å². The zero-order chi connectivity index (χ0) is 12.1. The molecule has 2 aromatic rings. The Morgan fingerprint density at radius 3 is 3.00 bits per heavy atom. The second kappa shape index (κ2) is 5.36. The van der Waals surface area contributed by atoms with Crippen LogP contribution < -0.4 is 10.7 Å². The number of rotatable bonds is 2. The number of pyridine rings is 1. The highest BCUT2D eigenvalue weighted by atomic mass is 32.1. The van der Waals surface area contributed by atoms with E-state index in [0.717, 1.165) is 16.5 Å². The van der Waals surface area contributed by atoms with Crippen LogP contribution >= 0.6 is 12.2 Å². The summed E-state index contributed by atoms with van der Waals surface area (Å²) in [6, 6.07) is 10.0. The lowest BCUT2D eigenvalue weighted by atomic mass is 10.1. The van der Waals surface area contributed by atoms with Crippen molar-refractivity contribution < 1.29 is 0 Å². The van der Waals surface area contributed by atoms with Gasteiger partial charge in [0, 0.05) is 18.6 Å². The van der Waals surface area contributed by atoms with Gasteiger partial charge in [0.2, 0.25) is 0 Å². The van der Waals surface area contributed by atoms with Gasteiger partial charge in [0.1, 0.15) is 0 Å². The highest BCUT2D eigenvalue weighted by Gasteiger charge is 1.98. The maximum Gasteiger partial charge on any atom is 0.186 e. The molecule has 4 nitrogen and oxygen atoms in total. The fourth-order valence-corrected chi connectivity index (χ4v) is 1.51. The van der Waals surface area contributed by atoms with E-state index in [2.05, 4.69) is 20.8 Å². The summed E-state index contributed by atoms with van der Waals surface area (Å²) in [7, 11) is 1.74. The number of hydrogen-bond acceptors (Lipinski definition) is 3. The fourth-order valence-electron chi connectivity index (χ4n) is 1.45. The Balaban J connectivity index is 2.27. The van der Waals surface area contributed by atoms with Gasteiger partial charge >= 0.3 is 0 Å². The Morgan fingerprint density at radius 2 is 2.18 bits per heavy atom. The standard InChI is InChI=1S/C12H12N4S/c1-13-12(17)16-15-8-11-10-5-3-2-4-9(10)6-7-14-11/h2-8H,1H3,(H2,13,16,17)/b15-8+. The first-order valence-corrected chi connectivity index (χ1v) is 5.56. The summed E-state index contributed by atoms with van der Waals surface area (Å²) in [5, 5.41) is 9.47. The summed E-state index contributed by atoms with van der Waals surface area (Å²) in [6.45, 7) is 0. The summed E-state index contributed by atoms with van der Waals surface area (Å²) in [5.74, 6) is 0. The molecule has 2 N–H and O–H groups in total. The molecule has 2 rings (SSSR count). The third kappa shape index (κ3) is 2.76. The molecule has 0 spiro atoms. The summed E-state index contributed by atoms with van der Waals surface area (Å²) in [4.78, 5) is 4.28. The number of fused-ring (bicyclic) bond motifs is 1. The first-order valence-electron chi connectivity index (χ1n) is 5.16. The number of benzene rings is 1. The van der Waals surface area contributed by atoms with Gasteiger partial charge in [-0.15, -0.1) is 0 Å². The number of aromatic nitrogens is 1. The lowest BCUT2D eigenvalue weighted by Gasteiger charge is -2.01. The van der Waals surface area contributed by atoms with Gasteiger partial charge in [-0.2, -0.15) is 5.10 Å². The summed E-state index contributed by atoms with van der Waals surface area (Å²) in [5.41, 5.74) is 3.51. The van der Waals surface area contributed by atoms with Crippen molar-refractivity contribution in [3.8, 4) is 0 Å². The Morgan fingerprint density at radius 1 is 1.35 bits per heavy atom. The van der Waals surface area contributed by atoms with E-state index in [-0.39, 0.29) is 0 Å². The van der Waals surface area contributed by atoms with Crippen molar-refractivity contribution in [3.05, 3.63) is 42.2 Å². The third-order valence-corrected chi connectivity index (χ3v) is 2.58. The molecule has 86 valence electrons. The maximum atomic E-state index is 4.91. The molecular weight excluding hydrogens is 232 g/mol. The molecule has 1 aromatic carbocycles. The van der Waals surface area contributed by atoms with Gasteiger partial charge in [0.25, 0.3) is 0 Å². The van der Waals surface area contributed by atoms with Crippen LogP contribution in [0.4, 0.5) is 0 Å². The molecule has 0 radical (unpaired) electrons. The van der Waals surface area contributed by atoms with Crippen molar-refractivity contribution in [1.29, 1.82) is 0 Å². The molecule has 0 saturated heterocycles.